The van der Waals surface area contributed by atoms with Crippen LogP contribution in [0.3, 0.4) is 0 Å². The molecule has 1 fully saturated rings. The smallest absolute Gasteiger partial charge is 0.119 e. The van der Waals surface area contributed by atoms with Gasteiger partial charge in [0.2, 0.25) is 0 Å². The van der Waals surface area contributed by atoms with Gasteiger partial charge in [0.15, 0.2) is 0 Å². The van der Waals surface area contributed by atoms with E-state index in [2.05, 4.69) is 47.4 Å². The summed E-state index contributed by atoms with van der Waals surface area (Å²) >= 11 is 0. The Hall–Kier alpha value is -3.24. The van der Waals surface area contributed by atoms with E-state index in [1.807, 2.05) is 24.3 Å². The van der Waals surface area contributed by atoms with Crippen LogP contribution in [0.15, 0.2) is 60.7 Å². The number of nitrogens with zero attached hydrogens (tertiary/aromatic N) is 1. The van der Waals surface area contributed by atoms with Gasteiger partial charge in [-0.25, -0.2) is 0 Å². The number of fused-ring (bicyclic) bond motifs is 2. The van der Waals surface area contributed by atoms with Crippen LogP contribution in [0.4, 0.5) is 0 Å². The summed E-state index contributed by atoms with van der Waals surface area (Å²) in [5, 5.41) is 10.2. The molecule has 0 saturated carbocycles. The number of phenolic OH excluding ortho intramolecular Hbond substituents is 1. The first-order chi connectivity index (χ1) is 17.6. The molecule has 0 radical (unpaired) electrons. The minimum atomic E-state index is 0.00477. The van der Waals surface area contributed by atoms with Gasteiger partial charge in [0.05, 0.1) is 7.11 Å². The average molecular weight is 482 g/mol. The zero-order chi connectivity index (χ0) is 24.5. The quantitative estimate of drug-likeness (QED) is 0.459. The van der Waals surface area contributed by atoms with Gasteiger partial charge >= 0.3 is 0 Å². The number of hydrogen-bond donors (Lipinski definition) is 1. The van der Waals surface area contributed by atoms with Gasteiger partial charge in [-0.1, -0.05) is 36.8 Å². The number of methoxy groups -OCH3 is 1. The van der Waals surface area contributed by atoms with Gasteiger partial charge in [0.25, 0.3) is 0 Å². The van der Waals surface area contributed by atoms with Gasteiger partial charge in [-0.05, 0) is 115 Å². The molecule has 186 valence electrons. The second-order valence-electron chi connectivity index (χ2n) is 10.7. The topological polar surface area (TPSA) is 41.9 Å². The third-order valence-corrected chi connectivity index (χ3v) is 8.27. The third kappa shape index (κ3) is 4.51. The van der Waals surface area contributed by atoms with Crippen molar-refractivity contribution in [3.63, 3.8) is 0 Å². The fourth-order valence-corrected chi connectivity index (χ4v) is 6.44. The Morgan fingerprint density at radius 1 is 0.833 bits per heavy atom. The highest BCUT2D eigenvalue weighted by Gasteiger charge is 2.46. The molecule has 4 nitrogen and oxygen atoms in total. The summed E-state index contributed by atoms with van der Waals surface area (Å²) in [6.45, 7) is 4.16. The van der Waals surface area contributed by atoms with Crippen LogP contribution < -0.4 is 9.47 Å². The molecule has 1 spiro atoms. The molecule has 4 heteroatoms. The standard InChI is InChI=1S/C32H35NO3/c1-35-28-9-5-23(6-10-28)17-31-30-12-8-27(34)18-26(30)22-32(31)20-24-7-11-29(19-25(24)21-32)36-16-15-33-13-3-2-4-14-33/h5-12,17-19,34H,2-4,13-16,20-22H2,1H3. The monoisotopic (exact) mass is 481 g/mol. The van der Waals surface area contributed by atoms with Crippen LogP contribution in [-0.2, 0) is 19.3 Å². The number of benzene rings is 3. The first kappa shape index (κ1) is 23.2. The van der Waals surface area contributed by atoms with Crippen LogP contribution in [0.2, 0.25) is 0 Å². The lowest BCUT2D eigenvalue weighted by atomic mass is 9.77. The molecule has 36 heavy (non-hydrogen) atoms. The predicted octanol–water partition coefficient (Wildman–Crippen LogP) is 6.15. The van der Waals surface area contributed by atoms with E-state index in [1.54, 1.807) is 7.11 Å². The van der Waals surface area contributed by atoms with Gasteiger partial charge in [-0.15, -0.1) is 0 Å². The maximum Gasteiger partial charge on any atom is 0.119 e. The zero-order valence-electron chi connectivity index (χ0n) is 21.1. The number of allylic oxidation sites excluding steroid dienone is 1. The molecule has 0 amide bonds. The summed E-state index contributed by atoms with van der Waals surface area (Å²) in [4.78, 5) is 2.52. The fourth-order valence-electron chi connectivity index (χ4n) is 6.44. The molecule has 1 atom stereocenters. The molecular weight excluding hydrogens is 446 g/mol. The molecule has 1 aliphatic heterocycles. The van der Waals surface area contributed by atoms with Gasteiger partial charge in [-0.2, -0.15) is 0 Å². The van der Waals surface area contributed by atoms with Crippen LogP contribution in [0.5, 0.6) is 17.2 Å². The maximum absolute atomic E-state index is 10.2. The Morgan fingerprint density at radius 2 is 1.58 bits per heavy atom. The second-order valence-corrected chi connectivity index (χ2v) is 10.7. The summed E-state index contributed by atoms with van der Waals surface area (Å²) in [5.41, 5.74) is 7.84. The van der Waals surface area contributed by atoms with Gasteiger partial charge < -0.3 is 14.6 Å². The van der Waals surface area contributed by atoms with E-state index < -0.39 is 0 Å². The number of ether oxygens (including phenoxy) is 2. The van der Waals surface area contributed by atoms with Crippen molar-refractivity contribution < 1.29 is 14.6 Å². The van der Waals surface area contributed by atoms with Crippen molar-refractivity contribution in [1.82, 2.24) is 4.90 Å². The summed E-state index contributed by atoms with van der Waals surface area (Å²) < 4.78 is 11.6. The van der Waals surface area contributed by atoms with Crippen molar-refractivity contribution in [3.8, 4) is 17.2 Å². The number of hydrogen-bond acceptors (Lipinski definition) is 4. The Morgan fingerprint density at radius 3 is 2.39 bits per heavy atom. The van der Waals surface area contributed by atoms with E-state index in [0.717, 1.165) is 43.9 Å². The normalized spacial score (nSPS) is 22.1. The van der Waals surface area contributed by atoms with Crippen molar-refractivity contribution in [2.75, 3.05) is 33.4 Å². The van der Waals surface area contributed by atoms with Crippen molar-refractivity contribution in [1.29, 1.82) is 0 Å². The lowest BCUT2D eigenvalue weighted by molar-refractivity contribution is 0.183. The summed E-state index contributed by atoms with van der Waals surface area (Å²) in [6, 6.07) is 20.8. The SMILES string of the molecule is COc1ccc(C=C2c3ccc(O)cc3CC23Cc2ccc(OCCN4CCCCC4)cc2C3)cc1. The lowest BCUT2D eigenvalue weighted by Crippen LogP contribution is -2.33. The molecule has 0 aromatic heterocycles. The van der Waals surface area contributed by atoms with Crippen LogP contribution in [0.25, 0.3) is 11.6 Å². The van der Waals surface area contributed by atoms with E-state index in [4.69, 9.17) is 9.47 Å². The molecule has 6 rings (SSSR count). The molecule has 3 aromatic carbocycles. The molecule has 3 aromatic rings. The minimum Gasteiger partial charge on any atom is -0.508 e. The fraction of sp³-hybridized carbons (Fsp3) is 0.375. The third-order valence-electron chi connectivity index (χ3n) is 8.27. The van der Waals surface area contributed by atoms with Crippen LogP contribution in [-0.4, -0.2) is 43.4 Å². The molecule has 3 aliphatic rings. The number of aromatic hydroxyl groups is 1. The molecule has 2 aliphatic carbocycles. The van der Waals surface area contributed by atoms with Crippen LogP contribution >= 0.6 is 0 Å². The highest BCUT2D eigenvalue weighted by atomic mass is 16.5. The van der Waals surface area contributed by atoms with Crippen molar-refractivity contribution in [2.24, 2.45) is 5.41 Å². The highest BCUT2D eigenvalue weighted by Crippen LogP contribution is 2.55. The van der Waals surface area contributed by atoms with Gasteiger partial charge in [0, 0.05) is 12.0 Å². The first-order valence-electron chi connectivity index (χ1n) is 13.3. The van der Waals surface area contributed by atoms with Gasteiger partial charge in [0.1, 0.15) is 23.9 Å². The molecular formula is C32H35NO3. The molecule has 1 saturated heterocycles. The second kappa shape index (κ2) is 9.67. The maximum atomic E-state index is 10.2. The van der Waals surface area contributed by atoms with E-state index in [1.165, 1.54) is 65.7 Å². The zero-order valence-corrected chi connectivity index (χ0v) is 21.1. The summed E-state index contributed by atoms with van der Waals surface area (Å²) in [5.74, 6) is 2.19. The number of rotatable bonds is 6. The first-order valence-corrected chi connectivity index (χ1v) is 13.3. The van der Waals surface area contributed by atoms with Crippen molar-refractivity contribution in [3.05, 3.63) is 88.5 Å². The Labute approximate surface area is 214 Å². The Bertz CT molecular complexity index is 1270. The molecule has 1 heterocycles. The Balaban J connectivity index is 1.25. The van der Waals surface area contributed by atoms with Crippen LogP contribution in [0.1, 0.15) is 47.1 Å². The summed E-state index contributed by atoms with van der Waals surface area (Å²) in [6.07, 6.45) is 9.27. The largest absolute Gasteiger partial charge is 0.508 e. The molecule has 1 N–H and O–H groups in total. The number of piperidine rings is 1. The molecule has 0 bridgehead atoms. The number of likely N-dealkylation sites (tertiary alicyclic amines) is 1. The van der Waals surface area contributed by atoms with Crippen molar-refractivity contribution in [2.45, 2.75) is 38.5 Å². The molecule has 1 unspecified atom stereocenters. The van der Waals surface area contributed by atoms with E-state index >= 15 is 0 Å². The van der Waals surface area contributed by atoms with E-state index in [9.17, 15) is 5.11 Å². The van der Waals surface area contributed by atoms with Gasteiger partial charge in [-0.3, -0.25) is 4.90 Å². The van der Waals surface area contributed by atoms with Crippen molar-refractivity contribution >= 4 is 11.6 Å². The van der Waals surface area contributed by atoms with E-state index in [0.29, 0.717) is 5.75 Å². The summed E-state index contributed by atoms with van der Waals surface area (Å²) in [7, 11) is 1.70. The van der Waals surface area contributed by atoms with Crippen LogP contribution in [0, 0.1) is 5.41 Å². The predicted molar refractivity (Wildman–Crippen MR) is 145 cm³/mol. The van der Waals surface area contributed by atoms with E-state index in [-0.39, 0.29) is 5.41 Å². The average Bonchev–Trinajstić information content (AvgIpc) is 3.40. The lowest BCUT2D eigenvalue weighted by Gasteiger charge is -2.26. The highest BCUT2D eigenvalue weighted by molar-refractivity contribution is 5.90. The number of phenols is 1. The minimum absolute atomic E-state index is 0.00477. The Kier molecular flexibility index (Phi) is 6.22.